The monoisotopic (exact) mass is 490 g/mol. The molecule has 0 atom stereocenters. The van der Waals surface area contributed by atoms with Gasteiger partial charge in [-0.2, -0.15) is 0 Å². The molecule has 0 aliphatic carbocycles. The predicted molar refractivity (Wildman–Crippen MR) is 111 cm³/mol. The van der Waals surface area contributed by atoms with Gasteiger partial charge in [0.2, 0.25) is 0 Å². The van der Waals surface area contributed by atoms with Gasteiger partial charge in [-0.3, -0.25) is 0 Å². The smallest absolute Gasteiger partial charge is 0.358 e. The van der Waals surface area contributed by atoms with Crippen LogP contribution in [0, 0.1) is 14.9 Å². The quantitative estimate of drug-likeness (QED) is 0.326. The first-order valence-corrected chi connectivity index (χ1v) is 8.00. The largest absolute Gasteiger partial charge is 2.00 e. The van der Waals surface area contributed by atoms with Crippen molar-refractivity contribution in [2.24, 2.45) is 0 Å². The van der Waals surface area contributed by atoms with Crippen molar-refractivity contribution >= 4 is 0 Å². The molecule has 0 unspecified atom stereocenters. The van der Waals surface area contributed by atoms with Gasteiger partial charge in [-0.1, -0.05) is 128 Å². The van der Waals surface area contributed by atoms with Crippen LogP contribution in [-0.2, 0) is 21.1 Å². The molecule has 2 aromatic rings. The molecule has 0 aliphatic heterocycles. The average molecular weight is 490 g/mol. The first kappa shape index (κ1) is 43.2. The maximum absolute atomic E-state index is 2.00. The number of benzene rings is 2. The van der Waals surface area contributed by atoms with E-state index in [4.69, 9.17) is 0 Å². The third kappa shape index (κ3) is 62.4. The van der Waals surface area contributed by atoms with E-state index in [1.807, 2.05) is 128 Å². The molecular formula is C22H42W. The molecule has 0 bridgehead atoms. The molecule has 2 rings (SSSR count). The maximum atomic E-state index is 2.00. The Morgan fingerprint density at radius 3 is 0.348 bits per heavy atom. The summed E-state index contributed by atoms with van der Waals surface area (Å²) < 4.78 is 0. The normalized spacial score (nSPS) is 5.22. The molecule has 0 radical (unpaired) electrons. The van der Waals surface area contributed by atoms with E-state index in [1.54, 1.807) is 0 Å². The van der Waals surface area contributed by atoms with Gasteiger partial charge in [0.1, 0.15) is 0 Å². The van der Waals surface area contributed by atoms with Crippen molar-refractivity contribution in [1.29, 1.82) is 0 Å². The molecule has 23 heavy (non-hydrogen) atoms. The topological polar surface area (TPSA) is 0 Å². The molecule has 0 amide bonds. The fraction of sp³-hybridized carbons (Fsp3) is 0.364. The van der Waals surface area contributed by atoms with Gasteiger partial charge in [-0.05, 0) is 0 Å². The summed E-state index contributed by atoms with van der Waals surface area (Å²) in [7, 11) is 0. The third-order valence-electron chi connectivity index (χ3n) is 1.33. The van der Waals surface area contributed by atoms with Gasteiger partial charge < -0.3 is 14.9 Å². The SMILES string of the molecule is CC.CC.CC.CC.[CH3-].[CH3-].[W+2].c1ccccc1.c1ccccc1. The number of hydrogen-bond donors (Lipinski definition) is 0. The molecule has 0 N–H and O–H groups in total. The van der Waals surface area contributed by atoms with Crippen molar-refractivity contribution in [3.8, 4) is 0 Å². The van der Waals surface area contributed by atoms with Crippen LogP contribution >= 0.6 is 0 Å². The van der Waals surface area contributed by atoms with Gasteiger partial charge in [-0.25, -0.2) is 0 Å². The van der Waals surface area contributed by atoms with E-state index in [0.29, 0.717) is 0 Å². The Bertz CT molecular complexity index is 181. The Hall–Kier alpha value is -0.872. The Morgan fingerprint density at radius 2 is 0.304 bits per heavy atom. The summed E-state index contributed by atoms with van der Waals surface area (Å²) in [6.07, 6.45) is 0. The molecule has 2 aromatic carbocycles. The standard InChI is InChI=1S/2C6H6.4C2H6.2CH3.W/c2*1-2-4-6-5-3-1;4*1-2;;;/h2*1-6H;4*1-2H3;2*1H3;/q;;;;;;2*-1;+2. The van der Waals surface area contributed by atoms with Crippen LogP contribution in [0.1, 0.15) is 55.4 Å². The molecule has 0 aliphatic rings. The molecule has 0 spiro atoms. The summed E-state index contributed by atoms with van der Waals surface area (Å²) in [4.78, 5) is 0. The van der Waals surface area contributed by atoms with E-state index >= 15 is 0 Å². The van der Waals surface area contributed by atoms with Crippen molar-refractivity contribution in [3.63, 3.8) is 0 Å². The van der Waals surface area contributed by atoms with E-state index in [-0.39, 0.29) is 35.9 Å². The van der Waals surface area contributed by atoms with Gasteiger partial charge in [0, 0.05) is 0 Å². The van der Waals surface area contributed by atoms with Gasteiger partial charge in [0.25, 0.3) is 0 Å². The van der Waals surface area contributed by atoms with Crippen LogP contribution in [0.5, 0.6) is 0 Å². The van der Waals surface area contributed by atoms with E-state index in [2.05, 4.69) is 0 Å². The molecule has 136 valence electrons. The maximum Gasteiger partial charge on any atom is 2.00 e. The van der Waals surface area contributed by atoms with Crippen LogP contribution in [0.4, 0.5) is 0 Å². The van der Waals surface area contributed by atoms with Gasteiger partial charge >= 0.3 is 21.1 Å². The summed E-state index contributed by atoms with van der Waals surface area (Å²) in [5.41, 5.74) is 0. The number of hydrogen-bond acceptors (Lipinski definition) is 0. The average Bonchev–Trinajstić information content (AvgIpc) is 2.65. The van der Waals surface area contributed by atoms with Gasteiger partial charge in [-0.15, -0.1) is 0 Å². The minimum absolute atomic E-state index is 0. The summed E-state index contributed by atoms with van der Waals surface area (Å²) >= 11 is 0. The number of rotatable bonds is 0. The van der Waals surface area contributed by atoms with Crippen molar-refractivity contribution in [1.82, 2.24) is 0 Å². The van der Waals surface area contributed by atoms with Crippen molar-refractivity contribution < 1.29 is 21.1 Å². The van der Waals surface area contributed by atoms with Crippen LogP contribution in [0.3, 0.4) is 0 Å². The van der Waals surface area contributed by atoms with Crippen LogP contribution < -0.4 is 0 Å². The molecule has 0 saturated carbocycles. The Balaban J connectivity index is -0.0000000287. The minimum atomic E-state index is 0. The van der Waals surface area contributed by atoms with Crippen LogP contribution in [-0.4, -0.2) is 0 Å². The van der Waals surface area contributed by atoms with Crippen molar-refractivity contribution in [2.75, 3.05) is 0 Å². The molecule has 1 heteroatoms. The summed E-state index contributed by atoms with van der Waals surface area (Å²) in [5, 5.41) is 0. The second kappa shape index (κ2) is 69.1. The Kier molecular flexibility index (Phi) is 130. The molecule has 0 fully saturated rings. The van der Waals surface area contributed by atoms with Crippen LogP contribution in [0.2, 0.25) is 0 Å². The molecule has 0 nitrogen and oxygen atoms in total. The van der Waals surface area contributed by atoms with E-state index < -0.39 is 0 Å². The summed E-state index contributed by atoms with van der Waals surface area (Å²) in [5.74, 6) is 0. The zero-order valence-electron chi connectivity index (χ0n) is 17.3. The first-order chi connectivity index (χ1) is 10.0. The van der Waals surface area contributed by atoms with Crippen molar-refractivity contribution in [2.45, 2.75) is 55.4 Å². The van der Waals surface area contributed by atoms with E-state index in [0.717, 1.165) is 0 Å². The van der Waals surface area contributed by atoms with Gasteiger partial charge in [0.15, 0.2) is 0 Å². The fourth-order valence-electron chi connectivity index (χ4n) is 0.770. The van der Waals surface area contributed by atoms with E-state index in [9.17, 15) is 0 Å². The molecular weight excluding hydrogens is 448 g/mol. The first-order valence-electron chi connectivity index (χ1n) is 8.00. The van der Waals surface area contributed by atoms with Crippen LogP contribution in [0.25, 0.3) is 0 Å². The second-order valence-electron chi connectivity index (χ2n) is 2.31. The summed E-state index contributed by atoms with van der Waals surface area (Å²) in [6, 6.07) is 24.0. The fourth-order valence-corrected chi connectivity index (χ4v) is 0.770. The second-order valence-corrected chi connectivity index (χ2v) is 2.31. The summed E-state index contributed by atoms with van der Waals surface area (Å²) in [6.45, 7) is 16.0. The predicted octanol–water partition coefficient (Wildman–Crippen LogP) is 8.38. The van der Waals surface area contributed by atoms with Crippen molar-refractivity contribution in [3.05, 3.63) is 87.6 Å². The molecule has 0 aromatic heterocycles. The zero-order chi connectivity index (χ0) is 16.5. The van der Waals surface area contributed by atoms with Gasteiger partial charge in [0.05, 0.1) is 0 Å². The molecule has 0 heterocycles. The molecule has 0 saturated heterocycles. The minimum Gasteiger partial charge on any atom is -0.358 e. The van der Waals surface area contributed by atoms with E-state index in [1.165, 1.54) is 0 Å². The Morgan fingerprint density at radius 1 is 0.261 bits per heavy atom. The third-order valence-corrected chi connectivity index (χ3v) is 1.33. The zero-order valence-corrected chi connectivity index (χ0v) is 20.3. The van der Waals surface area contributed by atoms with Crippen LogP contribution in [0.15, 0.2) is 72.8 Å². The Labute approximate surface area is 164 Å².